The van der Waals surface area contributed by atoms with Gasteiger partial charge in [0, 0.05) is 18.6 Å². The highest BCUT2D eigenvalue weighted by Gasteiger charge is 2.27. The third kappa shape index (κ3) is 3.49. The highest BCUT2D eigenvalue weighted by molar-refractivity contribution is 6.31. The second-order valence-electron chi connectivity index (χ2n) is 6.99. The summed E-state index contributed by atoms with van der Waals surface area (Å²) < 4.78 is 12.4. The van der Waals surface area contributed by atoms with E-state index in [-0.39, 0.29) is 28.1 Å². The Morgan fingerprint density at radius 3 is 2.75 bits per heavy atom. The van der Waals surface area contributed by atoms with E-state index in [9.17, 15) is 9.59 Å². The fourth-order valence-electron chi connectivity index (χ4n) is 3.12. The van der Waals surface area contributed by atoms with Gasteiger partial charge in [0.2, 0.25) is 5.71 Å². The van der Waals surface area contributed by atoms with Gasteiger partial charge in [-0.2, -0.15) is 0 Å². The molecule has 8 heteroatoms. The maximum absolute atomic E-state index is 13.3. The molecule has 0 saturated carbocycles. The van der Waals surface area contributed by atoms with Crippen LogP contribution in [-0.2, 0) is 6.54 Å². The summed E-state index contributed by atoms with van der Waals surface area (Å²) in [5.41, 5.74) is 0.526. The van der Waals surface area contributed by atoms with E-state index in [1.807, 2.05) is 13.8 Å². The van der Waals surface area contributed by atoms with Crippen LogP contribution in [0.5, 0.6) is 5.75 Å². The summed E-state index contributed by atoms with van der Waals surface area (Å²) in [6, 6.07) is 4.99. The maximum atomic E-state index is 13.3. The van der Waals surface area contributed by atoms with Crippen molar-refractivity contribution in [2.24, 2.45) is 5.92 Å². The Bertz CT molecular complexity index is 1100. The molecule has 0 saturated heterocycles. The number of benzene rings is 1. The third-order valence-electron chi connectivity index (χ3n) is 4.44. The number of anilines is 1. The molecule has 0 unspecified atom stereocenters. The van der Waals surface area contributed by atoms with E-state index in [2.05, 4.69) is 4.98 Å². The predicted octanol–water partition coefficient (Wildman–Crippen LogP) is 3.89. The smallest absolute Gasteiger partial charge is 0.265 e. The number of rotatable bonds is 5. The molecule has 148 valence electrons. The molecule has 0 spiro atoms. The first-order valence-corrected chi connectivity index (χ1v) is 9.22. The second kappa shape index (κ2) is 7.67. The van der Waals surface area contributed by atoms with Gasteiger partial charge in [0.25, 0.3) is 11.5 Å². The van der Waals surface area contributed by atoms with Crippen LogP contribution in [0, 0.1) is 12.8 Å². The molecule has 0 bridgehead atoms. The second-order valence-corrected chi connectivity index (χ2v) is 7.43. The number of halogens is 1. The first-order chi connectivity index (χ1) is 13.2. The Balaban J connectivity index is 2.15. The van der Waals surface area contributed by atoms with Crippen LogP contribution in [0.25, 0.3) is 11.1 Å². The van der Waals surface area contributed by atoms with E-state index in [0.717, 1.165) is 0 Å². The van der Waals surface area contributed by atoms with Crippen molar-refractivity contribution >= 4 is 34.3 Å². The van der Waals surface area contributed by atoms with Gasteiger partial charge in [-0.25, -0.2) is 4.98 Å². The molecule has 2 heterocycles. The van der Waals surface area contributed by atoms with Crippen molar-refractivity contribution in [2.45, 2.75) is 27.3 Å². The Morgan fingerprint density at radius 1 is 1.39 bits per heavy atom. The molecule has 0 radical (unpaired) electrons. The summed E-state index contributed by atoms with van der Waals surface area (Å²) in [5, 5.41) is 0.642. The van der Waals surface area contributed by atoms with Gasteiger partial charge in [0.1, 0.15) is 23.2 Å². The molecule has 0 atom stereocenters. The van der Waals surface area contributed by atoms with Gasteiger partial charge in [0.15, 0.2) is 0 Å². The first kappa shape index (κ1) is 19.9. The van der Waals surface area contributed by atoms with Gasteiger partial charge < -0.3 is 14.1 Å². The van der Waals surface area contributed by atoms with Gasteiger partial charge in [-0.05, 0) is 31.0 Å². The van der Waals surface area contributed by atoms with E-state index in [0.29, 0.717) is 28.8 Å². The summed E-state index contributed by atoms with van der Waals surface area (Å²) in [6.45, 7) is 6.15. The van der Waals surface area contributed by atoms with Gasteiger partial charge in [-0.1, -0.05) is 25.4 Å². The Hall–Kier alpha value is -2.80. The molecule has 0 aliphatic rings. The van der Waals surface area contributed by atoms with E-state index in [1.165, 1.54) is 22.9 Å². The normalized spacial score (nSPS) is 11.2. The molecule has 0 fully saturated rings. The molecule has 0 aliphatic heterocycles. The quantitative estimate of drug-likeness (QED) is 0.645. The number of aryl methyl sites for hydroxylation is 1. The van der Waals surface area contributed by atoms with Gasteiger partial charge >= 0.3 is 0 Å². The van der Waals surface area contributed by atoms with Crippen LogP contribution in [0.15, 0.2) is 33.7 Å². The zero-order valence-electron chi connectivity index (χ0n) is 16.4. The van der Waals surface area contributed by atoms with E-state index in [1.54, 1.807) is 32.2 Å². The lowest BCUT2D eigenvalue weighted by atomic mass is 10.1. The minimum Gasteiger partial charge on any atom is -0.495 e. The molecule has 3 aromatic rings. The standard InChI is InChI=1S/C20H22ClN3O4/c1-11(2)9-24-10-22-18-17(20(24)26)16(12(3)28-18)19(25)23(4)14-8-13(21)6-7-15(14)27-5/h6-8,10-11H,9H2,1-5H3. The van der Waals surface area contributed by atoms with E-state index < -0.39 is 5.91 Å². The van der Waals surface area contributed by atoms with Crippen molar-refractivity contribution in [3.63, 3.8) is 0 Å². The number of methoxy groups -OCH3 is 1. The highest BCUT2D eigenvalue weighted by atomic mass is 35.5. The minimum atomic E-state index is -0.405. The lowest BCUT2D eigenvalue weighted by Crippen LogP contribution is -2.29. The van der Waals surface area contributed by atoms with Gasteiger partial charge in [-0.3, -0.25) is 14.2 Å². The zero-order chi connectivity index (χ0) is 20.6. The number of nitrogens with zero attached hydrogens (tertiary/aromatic N) is 3. The number of hydrogen-bond donors (Lipinski definition) is 0. The SMILES string of the molecule is COc1ccc(Cl)cc1N(C)C(=O)c1c(C)oc2ncn(CC(C)C)c(=O)c12. The van der Waals surface area contributed by atoms with Crippen molar-refractivity contribution in [3.8, 4) is 5.75 Å². The van der Waals surface area contributed by atoms with Crippen molar-refractivity contribution in [1.82, 2.24) is 9.55 Å². The van der Waals surface area contributed by atoms with E-state index >= 15 is 0 Å². The number of carbonyl (C=O) groups excluding carboxylic acids is 1. The Labute approximate surface area is 167 Å². The average Bonchev–Trinajstić information content (AvgIpc) is 2.99. The minimum absolute atomic E-state index is 0.150. The summed E-state index contributed by atoms with van der Waals surface area (Å²) in [5.74, 6) is 0.668. The monoisotopic (exact) mass is 403 g/mol. The largest absolute Gasteiger partial charge is 0.495 e. The van der Waals surface area contributed by atoms with Crippen molar-refractivity contribution in [1.29, 1.82) is 0 Å². The third-order valence-corrected chi connectivity index (χ3v) is 4.67. The van der Waals surface area contributed by atoms with Crippen LogP contribution in [0.1, 0.15) is 30.0 Å². The maximum Gasteiger partial charge on any atom is 0.265 e. The molecule has 1 amide bonds. The number of aromatic nitrogens is 2. The average molecular weight is 404 g/mol. The molecule has 0 aliphatic carbocycles. The molecule has 2 aromatic heterocycles. The van der Waals surface area contributed by atoms with Crippen LogP contribution >= 0.6 is 11.6 Å². The summed E-state index contributed by atoms with van der Waals surface area (Å²) in [7, 11) is 3.11. The topological polar surface area (TPSA) is 77.6 Å². The number of amides is 1. The van der Waals surface area contributed by atoms with Crippen LogP contribution in [0.4, 0.5) is 5.69 Å². The number of carbonyl (C=O) groups is 1. The lowest BCUT2D eigenvalue weighted by Gasteiger charge is -2.20. The molecule has 3 rings (SSSR count). The van der Waals surface area contributed by atoms with E-state index in [4.69, 9.17) is 20.8 Å². The van der Waals surface area contributed by atoms with Gasteiger partial charge in [-0.15, -0.1) is 0 Å². The summed E-state index contributed by atoms with van der Waals surface area (Å²) in [6.07, 6.45) is 1.45. The predicted molar refractivity (Wildman–Crippen MR) is 109 cm³/mol. The Kier molecular flexibility index (Phi) is 5.47. The summed E-state index contributed by atoms with van der Waals surface area (Å²) in [4.78, 5) is 31.9. The number of fused-ring (bicyclic) bond motifs is 1. The Morgan fingerprint density at radius 2 is 2.11 bits per heavy atom. The number of ether oxygens (including phenoxy) is 1. The molecular formula is C20H22ClN3O4. The molecule has 0 N–H and O–H groups in total. The lowest BCUT2D eigenvalue weighted by molar-refractivity contribution is 0.0992. The number of hydrogen-bond acceptors (Lipinski definition) is 5. The number of furan rings is 1. The van der Waals surface area contributed by atoms with Crippen LogP contribution in [0.3, 0.4) is 0 Å². The molecule has 28 heavy (non-hydrogen) atoms. The molecular weight excluding hydrogens is 382 g/mol. The van der Waals surface area contributed by atoms with Crippen LogP contribution in [-0.4, -0.2) is 29.6 Å². The fraction of sp³-hybridized carbons (Fsp3) is 0.350. The van der Waals surface area contributed by atoms with Crippen molar-refractivity contribution in [2.75, 3.05) is 19.1 Å². The zero-order valence-corrected chi connectivity index (χ0v) is 17.2. The first-order valence-electron chi connectivity index (χ1n) is 8.84. The summed E-state index contributed by atoms with van der Waals surface area (Å²) >= 11 is 6.09. The fourth-order valence-corrected chi connectivity index (χ4v) is 3.29. The molecule has 7 nitrogen and oxygen atoms in total. The highest BCUT2D eigenvalue weighted by Crippen LogP contribution is 2.32. The van der Waals surface area contributed by atoms with Crippen molar-refractivity contribution < 1.29 is 13.9 Å². The van der Waals surface area contributed by atoms with Crippen molar-refractivity contribution in [3.05, 3.63) is 51.2 Å². The van der Waals surface area contributed by atoms with Crippen LogP contribution in [0.2, 0.25) is 5.02 Å². The molecule has 1 aromatic carbocycles. The van der Waals surface area contributed by atoms with Crippen LogP contribution < -0.4 is 15.2 Å². The van der Waals surface area contributed by atoms with Gasteiger partial charge in [0.05, 0.1) is 18.4 Å².